The molecule has 0 amide bonds. The van der Waals surface area contributed by atoms with Gasteiger partial charge < -0.3 is 15.0 Å². The van der Waals surface area contributed by atoms with E-state index in [4.69, 9.17) is 4.74 Å². The number of methoxy groups -OCH3 is 1. The molecule has 0 aromatic carbocycles. The average molecular weight is 268 g/mol. The molecule has 1 N–H and O–H groups in total. The number of fused-ring (bicyclic) bond motifs is 2. The van der Waals surface area contributed by atoms with Gasteiger partial charge in [-0.15, -0.1) is 0 Å². The van der Waals surface area contributed by atoms with Gasteiger partial charge in [0.25, 0.3) is 0 Å². The van der Waals surface area contributed by atoms with Crippen molar-refractivity contribution in [3.8, 4) is 0 Å². The highest BCUT2D eigenvalue weighted by Crippen LogP contribution is 2.62. The van der Waals surface area contributed by atoms with E-state index in [0.29, 0.717) is 16.9 Å². The lowest BCUT2D eigenvalue weighted by Crippen LogP contribution is -2.51. The summed E-state index contributed by atoms with van der Waals surface area (Å²) in [5, 5.41) is 3.87. The van der Waals surface area contributed by atoms with Crippen molar-refractivity contribution in [1.82, 2.24) is 10.2 Å². The second kappa shape index (κ2) is 5.71. The van der Waals surface area contributed by atoms with Crippen LogP contribution >= 0.6 is 0 Å². The number of nitrogens with one attached hydrogen (secondary N) is 1. The van der Waals surface area contributed by atoms with Crippen LogP contribution in [0.25, 0.3) is 0 Å². The molecule has 3 nitrogen and oxygen atoms in total. The first-order valence-electron chi connectivity index (χ1n) is 7.81. The minimum atomic E-state index is 0.470. The van der Waals surface area contributed by atoms with Gasteiger partial charge in [0.2, 0.25) is 0 Å². The van der Waals surface area contributed by atoms with E-state index in [9.17, 15) is 0 Å². The fourth-order valence-corrected chi connectivity index (χ4v) is 4.57. The summed E-state index contributed by atoms with van der Waals surface area (Å²) in [5.41, 5.74) is 1.01. The van der Waals surface area contributed by atoms with Crippen LogP contribution in [0.3, 0.4) is 0 Å². The molecule has 0 heterocycles. The van der Waals surface area contributed by atoms with E-state index in [1.54, 1.807) is 7.11 Å². The third kappa shape index (κ3) is 2.98. The first-order valence-corrected chi connectivity index (χ1v) is 7.81. The molecule has 19 heavy (non-hydrogen) atoms. The normalized spacial score (nSPS) is 36.3. The molecule has 3 atom stereocenters. The number of hydrogen-bond acceptors (Lipinski definition) is 3. The second-order valence-corrected chi connectivity index (χ2v) is 7.60. The molecule has 3 heteroatoms. The first-order chi connectivity index (χ1) is 8.90. The van der Waals surface area contributed by atoms with Gasteiger partial charge >= 0.3 is 0 Å². The third-order valence-corrected chi connectivity index (χ3v) is 5.79. The van der Waals surface area contributed by atoms with Crippen molar-refractivity contribution < 1.29 is 4.74 Å². The van der Waals surface area contributed by atoms with E-state index >= 15 is 0 Å². The van der Waals surface area contributed by atoms with Crippen molar-refractivity contribution in [2.45, 2.75) is 46.1 Å². The van der Waals surface area contributed by atoms with Crippen LogP contribution in [0, 0.1) is 16.7 Å². The molecule has 2 rings (SSSR count). The van der Waals surface area contributed by atoms with E-state index in [2.05, 4.69) is 38.0 Å². The summed E-state index contributed by atoms with van der Waals surface area (Å²) in [5.74, 6) is 0.932. The van der Waals surface area contributed by atoms with Gasteiger partial charge in [0.05, 0.1) is 6.61 Å². The highest BCUT2D eigenvalue weighted by Gasteiger charge is 2.58. The number of nitrogens with zero attached hydrogens (tertiary/aromatic N) is 1. The van der Waals surface area contributed by atoms with Crippen molar-refractivity contribution >= 4 is 0 Å². The van der Waals surface area contributed by atoms with Gasteiger partial charge in [0.1, 0.15) is 0 Å². The summed E-state index contributed by atoms with van der Waals surface area (Å²) in [6.07, 6.45) is 4.28. The fraction of sp³-hybridized carbons (Fsp3) is 1.00. The minimum Gasteiger partial charge on any atom is -0.383 e. The van der Waals surface area contributed by atoms with Crippen molar-refractivity contribution in [3.63, 3.8) is 0 Å². The molecule has 0 aromatic rings. The van der Waals surface area contributed by atoms with Crippen molar-refractivity contribution in [1.29, 1.82) is 0 Å². The quantitative estimate of drug-likeness (QED) is 0.767. The van der Waals surface area contributed by atoms with E-state index in [-0.39, 0.29) is 0 Å². The Morgan fingerprint density at radius 1 is 1.26 bits per heavy atom. The summed E-state index contributed by atoms with van der Waals surface area (Å²) >= 11 is 0. The first kappa shape index (κ1) is 15.3. The molecule has 2 saturated carbocycles. The van der Waals surface area contributed by atoms with Crippen LogP contribution in [-0.2, 0) is 4.74 Å². The van der Waals surface area contributed by atoms with Crippen LogP contribution in [-0.4, -0.2) is 51.3 Å². The highest BCUT2D eigenvalue weighted by molar-refractivity contribution is 5.11. The zero-order chi connectivity index (χ0) is 14.1. The lowest BCUT2D eigenvalue weighted by molar-refractivity contribution is 0.104. The van der Waals surface area contributed by atoms with Gasteiger partial charge in [-0.3, -0.25) is 0 Å². The van der Waals surface area contributed by atoms with Crippen LogP contribution < -0.4 is 5.32 Å². The van der Waals surface area contributed by atoms with Crippen LogP contribution in [0.1, 0.15) is 40.0 Å². The van der Waals surface area contributed by atoms with Gasteiger partial charge in [-0.05, 0) is 43.1 Å². The van der Waals surface area contributed by atoms with E-state index in [1.165, 1.54) is 19.3 Å². The van der Waals surface area contributed by atoms with Gasteiger partial charge in [-0.2, -0.15) is 0 Å². The summed E-state index contributed by atoms with van der Waals surface area (Å²) in [7, 11) is 3.94. The maximum Gasteiger partial charge on any atom is 0.0589 e. The highest BCUT2D eigenvalue weighted by atomic mass is 16.5. The lowest BCUT2D eigenvalue weighted by atomic mass is 9.68. The molecule has 0 spiro atoms. The van der Waals surface area contributed by atoms with Crippen LogP contribution in [0.2, 0.25) is 0 Å². The van der Waals surface area contributed by atoms with Crippen LogP contribution in [0.4, 0.5) is 0 Å². The minimum absolute atomic E-state index is 0.470. The second-order valence-electron chi connectivity index (χ2n) is 7.60. The van der Waals surface area contributed by atoms with Gasteiger partial charge in [-0.25, -0.2) is 0 Å². The Morgan fingerprint density at radius 2 is 2.00 bits per heavy atom. The molecule has 112 valence electrons. The summed E-state index contributed by atoms with van der Waals surface area (Å²) in [6, 6.07) is 0.689. The predicted molar refractivity (Wildman–Crippen MR) is 80.4 cm³/mol. The molecule has 2 fully saturated rings. The Morgan fingerprint density at radius 3 is 2.58 bits per heavy atom. The van der Waals surface area contributed by atoms with Crippen molar-refractivity contribution in [2.75, 3.05) is 40.4 Å². The Labute approximate surface area is 119 Å². The molecular weight excluding hydrogens is 236 g/mol. The number of ether oxygens (including phenoxy) is 1. The van der Waals surface area contributed by atoms with Crippen LogP contribution in [0.15, 0.2) is 0 Å². The molecule has 2 aliphatic carbocycles. The SMILES string of the molecule is COCCN(C)CCNC1C(C)(C)[C@H]2CC[C@]1(C)C2. The summed E-state index contributed by atoms with van der Waals surface area (Å²) < 4.78 is 5.12. The maximum absolute atomic E-state index is 5.12. The molecule has 0 radical (unpaired) electrons. The largest absolute Gasteiger partial charge is 0.383 e. The maximum atomic E-state index is 5.12. The molecule has 0 aromatic heterocycles. The van der Waals surface area contributed by atoms with Gasteiger partial charge in [-0.1, -0.05) is 20.8 Å². The van der Waals surface area contributed by atoms with Gasteiger partial charge in [0, 0.05) is 32.8 Å². The Bertz CT molecular complexity index is 300. The zero-order valence-corrected chi connectivity index (χ0v) is 13.5. The van der Waals surface area contributed by atoms with E-state index in [0.717, 1.165) is 32.2 Å². The smallest absolute Gasteiger partial charge is 0.0589 e. The predicted octanol–water partition coefficient (Wildman–Crippen LogP) is 2.37. The molecule has 1 unspecified atom stereocenters. The number of rotatable bonds is 7. The zero-order valence-electron chi connectivity index (χ0n) is 13.5. The molecule has 2 aliphatic rings. The van der Waals surface area contributed by atoms with E-state index in [1.807, 2.05) is 0 Å². The Kier molecular flexibility index (Phi) is 4.59. The topological polar surface area (TPSA) is 24.5 Å². The Balaban J connectivity index is 1.79. The number of likely N-dealkylation sites (N-methyl/N-ethyl adjacent to an activating group) is 1. The fourth-order valence-electron chi connectivity index (χ4n) is 4.57. The third-order valence-electron chi connectivity index (χ3n) is 5.79. The Hall–Kier alpha value is -0.120. The van der Waals surface area contributed by atoms with Crippen LogP contribution in [0.5, 0.6) is 0 Å². The van der Waals surface area contributed by atoms with Crippen molar-refractivity contribution in [3.05, 3.63) is 0 Å². The lowest BCUT2D eigenvalue weighted by Gasteiger charge is -2.43. The average Bonchev–Trinajstić information content (AvgIpc) is 2.82. The number of hydrogen-bond donors (Lipinski definition) is 1. The summed E-state index contributed by atoms with van der Waals surface area (Å²) in [6.45, 7) is 11.5. The van der Waals surface area contributed by atoms with Gasteiger partial charge in [0.15, 0.2) is 0 Å². The summed E-state index contributed by atoms with van der Waals surface area (Å²) in [4.78, 5) is 2.35. The molecule has 2 bridgehead atoms. The molecule has 0 saturated heterocycles. The van der Waals surface area contributed by atoms with Crippen molar-refractivity contribution in [2.24, 2.45) is 16.7 Å². The molecular formula is C16H32N2O. The van der Waals surface area contributed by atoms with E-state index < -0.39 is 0 Å². The standard InChI is InChI=1S/C16H32N2O/c1-15(2)13-6-7-16(3,12-13)14(15)17-8-9-18(4)10-11-19-5/h13-14,17H,6-12H2,1-5H3/t13-,14?,16+/m0/s1. The monoisotopic (exact) mass is 268 g/mol. The molecule has 0 aliphatic heterocycles.